The van der Waals surface area contributed by atoms with Gasteiger partial charge in [-0.15, -0.1) is 11.3 Å². The minimum Gasteiger partial charge on any atom is -0.352 e. The van der Waals surface area contributed by atoms with Crippen LogP contribution in [0.5, 0.6) is 0 Å². The van der Waals surface area contributed by atoms with E-state index in [2.05, 4.69) is 22.2 Å². The second-order valence-electron chi connectivity index (χ2n) is 4.35. The molecule has 2 heterocycles. The van der Waals surface area contributed by atoms with Gasteiger partial charge in [0.15, 0.2) is 0 Å². The number of aromatic nitrogens is 2. The van der Waals surface area contributed by atoms with Crippen molar-refractivity contribution in [1.29, 1.82) is 0 Å². The lowest BCUT2D eigenvalue weighted by molar-refractivity contribution is 0.0954. The van der Waals surface area contributed by atoms with Gasteiger partial charge in [-0.1, -0.05) is 24.9 Å². The van der Waals surface area contributed by atoms with Gasteiger partial charge in [-0.3, -0.25) is 4.79 Å². The third-order valence-electron chi connectivity index (χ3n) is 2.72. The Morgan fingerprint density at radius 3 is 2.95 bits per heavy atom. The van der Waals surface area contributed by atoms with Crippen LogP contribution in [0.15, 0.2) is 23.7 Å². The van der Waals surface area contributed by atoms with E-state index in [1.54, 1.807) is 29.7 Å². The van der Waals surface area contributed by atoms with Crippen molar-refractivity contribution >= 4 is 28.8 Å². The zero-order valence-electron chi connectivity index (χ0n) is 11.2. The maximum atomic E-state index is 12.1. The molecule has 0 atom stereocenters. The number of carbonyl (C=O) groups is 1. The van der Waals surface area contributed by atoms with Gasteiger partial charge in [0.1, 0.15) is 5.15 Å². The van der Waals surface area contributed by atoms with Crippen LogP contribution in [0, 0.1) is 0 Å². The monoisotopic (exact) mass is 309 g/mol. The van der Waals surface area contributed by atoms with Gasteiger partial charge in [0.05, 0.1) is 5.01 Å². The molecule has 106 valence electrons. The van der Waals surface area contributed by atoms with E-state index in [0.717, 1.165) is 30.0 Å². The fraction of sp³-hybridized carbons (Fsp3) is 0.357. The predicted octanol–water partition coefficient (Wildman–Crippen LogP) is 3.12. The molecular weight excluding hydrogens is 294 g/mol. The molecule has 2 aromatic rings. The molecule has 0 aliphatic carbocycles. The molecule has 6 heteroatoms. The highest BCUT2D eigenvalue weighted by Crippen LogP contribution is 2.12. The number of aryl methyl sites for hydroxylation is 1. The maximum Gasteiger partial charge on any atom is 0.251 e. The van der Waals surface area contributed by atoms with Crippen molar-refractivity contribution in [2.24, 2.45) is 0 Å². The van der Waals surface area contributed by atoms with Crippen molar-refractivity contribution in [1.82, 2.24) is 15.3 Å². The summed E-state index contributed by atoms with van der Waals surface area (Å²) >= 11 is 7.53. The van der Waals surface area contributed by atoms with E-state index >= 15 is 0 Å². The first-order valence-corrected chi connectivity index (χ1v) is 7.78. The Kier molecular flexibility index (Phi) is 5.49. The summed E-state index contributed by atoms with van der Waals surface area (Å²) in [7, 11) is 0. The SMILES string of the molecule is CCCc1cc(C(=O)NCCc2nccs2)cc(Cl)n1. The van der Waals surface area contributed by atoms with Gasteiger partial charge in [-0.25, -0.2) is 9.97 Å². The third kappa shape index (κ3) is 4.28. The van der Waals surface area contributed by atoms with Crippen molar-refractivity contribution in [2.75, 3.05) is 6.54 Å². The standard InChI is InChI=1S/C14H16ClN3OS/c1-2-3-11-8-10(9-12(15)18-11)14(19)17-5-4-13-16-6-7-20-13/h6-9H,2-5H2,1H3,(H,17,19). The Morgan fingerprint density at radius 2 is 2.25 bits per heavy atom. The Bertz CT molecular complexity index is 572. The molecule has 4 nitrogen and oxygen atoms in total. The number of rotatable bonds is 6. The first-order chi connectivity index (χ1) is 9.69. The molecule has 1 amide bonds. The number of hydrogen-bond acceptors (Lipinski definition) is 4. The van der Waals surface area contributed by atoms with Crippen LogP contribution in [0.4, 0.5) is 0 Å². The number of pyridine rings is 1. The molecule has 1 N–H and O–H groups in total. The lowest BCUT2D eigenvalue weighted by Gasteiger charge is -2.06. The van der Waals surface area contributed by atoms with Gasteiger partial charge < -0.3 is 5.32 Å². The summed E-state index contributed by atoms with van der Waals surface area (Å²) in [5, 5.41) is 6.18. The van der Waals surface area contributed by atoms with Gasteiger partial charge in [0.2, 0.25) is 0 Å². The molecule has 0 unspecified atom stereocenters. The average Bonchev–Trinajstić information content (AvgIpc) is 2.91. The Hall–Kier alpha value is -1.46. The molecule has 0 aliphatic heterocycles. The van der Waals surface area contributed by atoms with Crippen molar-refractivity contribution in [3.8, 4) is 0 Å². The van der Waals surface area contributed by atoms with E-state index in [9.17, 15) is 4.79 Å². The van der Waals surface area contributed by atoms with Crippen LogP contribution in [-0.2, 0) is 12.8 Å². The normalized spacial score (nSPS) is 10.5. The van der Waals surface area contributed by atoms with Crippen molar-refractivity contribution < 1.29 is 4.79 Å². The van der Waals surface area contributed by atoms with Gasteiger partial charge in [0, 0.05) is 35.8 Å². The van der Waals surface area contributed by atoms with Crippen LogP contribution in [-0.4, -0.2) is 22.4 Å². The second-order valence-corrected chi connectivity index (χ2v) is 5.72. The number of hydrogen-bond donors (Lipinski definition) is 1. The quantitative estimate of drug-likeness (QED) is 0.834. The number of halogens is 1. The largest absolute Gasteiger partial charge is 0.352 e. The molecule has 20 heavy (non-hydrogen) atoms. The van der Waals surface area contributed by atoms with Crippen LogP contribution in [0.1, 0.15) is 34.4 Å². The van der Waals surface area contributed by atoms with Gasteiger partial charge in [-0.2, -0.15) is 0 Å². The van der Waals surface area contributed by atoms with Gasteiger partial charge >= 0.3 is 0 Å². The fourth-order valence-corrected chi connectivity index (χ4v) is 2.67. The van der Waals surface area contributed by atoms with Gasteiger partial charge in [-0.05, 0) is 18.6 Å². The number of amides is 1. The molecule has 0 saturated carbocycles. The smallest absolute Gasteiger partial charge is 0.251 e. The summed E-state index contributed by atoms with van der Waals surface area (Å²) < 4.78 is 0. The highest BCUT2D eigenvalue weighted by atomic mass is 35.5. The number of nitrogens with zero attached hydrogens (tertiary/aromatic N) is 2. The molecular formula is C14H16ClN3OS. The molecule has 0 fully saturated rings. The van der Waals surface area contributed by atoms with Crippen molar-refractivity contribution in [3.63, 3.8) is 0 Å². The minimum absolute atomic E-state index is 0.122. The summed E-state index contributed by atoms with van der Waals surface area (Å²) in [4.78, 5) is 20.4. The Morgan fingerprint density at radius 1 is 1.40 bits per heavy atom. The molecule has 2 aromatic heterocycles. The van der Waals surface area contributed by atoms with Gasteiger partial charge in [0.25, 0.3) is 5.91 Å². The van der Waals surface area contributed by atoms with E-state index in [0.29, 0.717) is 17.3 Å². The Balaban J connectivity index is 1.94. The summed E-state index contributed by atoms with van der Waals surface area (Å²) in [5.74, 6) is -0.122. The first kappa shape index (κ1) is 14.9. The van der Waals surface area contributed by atoms with E-state index in [1.807, 2.05) is 5.38 Å². The average molecular weight is 310 g/mol. The topological polar surface area (TPSA) is 54.9 Å². The van der Waals surface area contributed by atoms with Crippen molar-refractivity contribution in [3.05, 3.63) is 45.1 Å². The predicted molar refractivity (Wildman–Crippen MR) is 81.4 cm³/mol. The third-order valence-corrected chi connectivity index (χ3v) is 3.76. The Labute approximate surface area is 127 Å². The summed E-state index contributed by atoms with van der Waals surface area (Å²) in [5.41, 5.74) is 1.41. The van der Waals surface area contributed by atoms with E-state index < -0.39 is 0 Å². The molecule has 0 saturated heterocycles. The number of thiazole rings is 1. The first-order valence-electron chi connectivity index (χ1n) is 6.52. The van der Waals surface area contributed by atoms with Crippen LogP contribution < -0.4 is 5.32 Å². The number of nitrogens with one attached hydrogen (secondary N) is 1. The maximum absolute atomic E-state index is 12.1. The molecule has 0 radical (unpaired) electrons. The van der Waals surface area contributed by atoms with Crippen LogP contribution in [0.25, 0.3) is 0 Å². The van der Waals surface area contributed by atoms with E-state index in [-0.39, 0.29) is 5.91 Å². The zero-order valence-corrected chi connectivity index (χ0v) is 12.8. The zero-order chi connectivity index (χ0) is 14.4. The lowest BCUT2D eigenvalue weighted by Crippen LogP contribution is -2.25. The van der Waals surface area contributed by atoms with Crippen LogP contribution >= 0.6 is 22.9 Å². The van der Waals surface area contributed by atoms with Crippen LogP contribution in [0.3, 0.4) is 0 Å². The molecule has 0 bridgehead atoms. The van der Waals surface area contributed by atoms with Crippen LogP contribution in [0.2, 0.25) is 5.15 Å². The lowest BCUT2D eigenvalue weighted by atomic mass is 10.1. The molecule has 0 spiro atoms. The highest BCUT2D eigenvalue weighted by molar-refractivity contribution is 7.09. The summed E-state index contributed by atoms with van der Waals surface area (Å²) in [6.07, 6.45) is 4.30. The highest BCUT2D eigenvalue weighted by Gasteiger charge is 2.09. The second kappa shape index (κ2) is 7.36. The van der Waals surface area contributed by atoms with E-state index in [1.165, 1.54) is 0 Å². The number of carbonyl (C=O) groups excluding carboxylic acids is 1. The summed E-state index contributed by atoms with van der Waals surface area (Å²) in [6.45, 7) is 2.63. The minimum atomic E-state index is -0.122. The molecule has 2 rings (SSSR count). The summed E-state index contributed by atoms with van der Waals surface area (Å²) in [6, 6.07) is 3.40. The van der Waals surface area contributed by atoms with Crippen molar-refractivity contribution in [2.45, 2.75) is 26.2 Å². The van der Waals surface area contributed by atoms with E-state index in [4.69, 9.17) is 11.6 Å². The molecule has 0 aliphatic rings. The fourth-order valence-electron chi connectivity index (χ4n) is 1.83. The molecule has 0 aromatic carbocycles.